The molecule has 0 aromatic heterocycles. The summed E-state index contributed by atoms with van der Waals surface area (Å²) in [6, 6.07) is 5.26. The van der Waals surface area contributed by atoms with Gasteiger partial charge in [0.05, 0.1) is 12.2 Å². The minimum absolute atomic E-state index is 0.158. The van der Waals surface area contributed by atoms with E-state index in [1.54, 1.807) is 26.2 Å². The molecule has 4 heteroatoms. The van der Waals surface area contributed by atoms with Gasteiger partial charge in [0, 0.05) is 7.11 Å². The summed E-state index contributed by atoms with van der Waals surface area (Å²) in [6.45, 7) is 12.2. The van der Waals surface area contributed by atoms with Crippen molar-refractivity contribution in [2.45, 2.75) is 41.5 Å². The zero-order valence-electron chi connectivity index (χ0n) is 13.8. The molecule has 0 aliphatic carbocycles. The molecule has 0 saturated heterocycles. The molecule has 0 radical (unpaired) electrons. The van der Waals surface area contributed by atoms with Crippen LogP contribution in [0.3, 0.4) is 0 Å². The Morgan fingerprint density at radius 3 is 2.25 bits per heavy atom. The Labute approximate surface area is 123 Å². The first-order chi connectivity index (χ1) is 9.69. The van der Waals surface area contributed by atoms with Crippen LogP contribution in [0.4, 0.5) is 0 Å². The quantitative estimate of drug-likeness (QED) is 0.600. The van der Waals surface area contributed by atoms with Gasteiger partial charge in [-0.3, -0.25) is 0 Å². The van der Waals surface area contributed by atoms with E-state index in [-0.39, 0.29) is 12.8 Å². The number of esters is 1. The van der Waals surface area contributed by atoms with E-state index in [0.717, 1.165) is 5.56 Å². The second-order valence-corrected chi connectivity index (χ2v) is 3.25. The highest BCUT2D eigenvalue weighted by Crippen LogP contribution is 2.18. The monoisotopic (exact) mass is 284 g/mol. The van der Waals surface area contributed by atoms with Gasteiger partial charge in [-0.25, -0.2) is 4.79 Å². The molecule has 0 amide bonds. The average Bonchev–Trinajstić information content (AvgIpc) is 2.50. The van der Waals surface area contributed by atoms with Gasteiger partial charge in [0.2, 0.25) is 0 Å². The van der Waals surface area contributed by atoms with Crippen molar-refractivity contribution in [3.05, 3.63) is 29.3 Å². The van der Waals surface area contributed by atoms with Gasteiger partial charge in [0.15, 0.2) is 6.79 Å². The predicted octanol–water partition coefficient (Wildman–Crippen LogP) is 4.21. The van der Waals surface area contributed by atoms with Crippen molar-refractivity contribution in [1.29, 1.82) is 0 Å². The van der Waals surface area contributed by atoms with Crippen LogP contribution in [0, 0.1) is 6.92 Å². The molecule has 116 valence electrons. The largest absolute Gasteiger partial charge is 0.468 e. The lowest BCUT2D eigenvalue weighted by atomic mass is 10.1. The number of hydrogen-bond acceptors (Lipinski definition) is 4. The fourth-order valence-corrected chi connectivity index (χ4v) is 1.25. The SMILES string of the molecule is CC.CC.CCOC(=O)c1cc(OCOC)ccc1C. The maximum atomic E-state index is 11.6. The van der Waals surface area contributed by atoms with Crippen molar-refractivity contribution < 1.29 is 19.0 Å². The second-order valence-electron chi connectivity index (χ2n) is 3.25. The third-order valence-corrected chi connectivity index (χ3v) is 2.05. The van der Waals surface area contributed by atoms with E-state index in [1.165, 1.54) is 0 Å². The number of rotatable bonds is 5. The summed E-state index contributed by atoms with van der Waals surface area (Å²) in [5, 5.41) is 0. The van der Waals surface area contributed by atoms with Gasteiger partial charge in [-0.05, 0) is 31.5 Å². The van der Waals surface area contributed by atoms with Gasteiger partial charge in [-0.2, -0.15) is 0 Å². The number of carbonyl (C=O) groups excluding carboxylic acids is 1. The van der Waals surface area contributed by atoms with Crippen molar-refractivity contribution in [2.24, 2.45) is 0 Å². The molecule has 0 aliphatic heterocycles. The Kier molecular flexibility index (Phi) is 14.4. The van der Waals surface area contributed by atoms with Crippen molar-refractivity contribution in [1.82, 2.24) is 0 Å². The van der Waals surface area contributed by atoms with E-state index in [0.29, 0.717) is 17.9 Å². The molecule has 0 spiro atoms. The topological polar surface area (TPSA) is 44.8 Å². The highest BCUT2D eigenvalue weighted by Gasteiger charge is 2.11. The number of methoxy groups -OCH3 is 1. The maximum absolute atomic E-state index is 11.6. The molecule has 0 bridgehead atoms. The zero-order valence-corrected chi connectivity index (χ0v) is 13.8. The van der Waals surface area contributed by atoms with E-state index < -0.39 is 0 Å². The molecule has 1 aromatic carbocycles. The Morgan fingerprint density at radius 2 is 1.75 bits per heavy atom. The first-order valence-corrected chi connectivity index (χ1v) is 7.08. The van der Waals surface area contributed by atoms with E-state index >= 15 is 0 Å². The minimum atomic E-state index is -0.331. The molecular formula is C16H28O4. The molecule has 0 heterocycles. The Balaban J connectivity index is 0. The Morgan fingerprint density at radius 1 is 1.15 bits per heavy atom. The Bertz CT molecular complexity index is 361. The van der Waals surface area contributed by atoms with Crippen LogP contribution in [0.1, 0.15) is 50.5 Å². The average molecular weight is 284 g/mol. The van der Waals surface area contributed by atoms with Crippen LogP contribution < -0.4 is 4.74 Å². The number of carbonyl (C=O) groups is 1. The summed E-state index contributed by atoms with van der Waals surface area (Å²) < 4.78 is 15.0. The summed E-state index contributed by atoms with van der Waals surface area (Å²) >= 11 is 0. The molecule has 0 atom stereocenters. The molecular weight excluding hydrogens is 256 g/mol. The summed E-state index contributed by atoms with van der Waals surface area (Å²) in [5.74, 6) is 0.262. The van der Waals surface area contributed by atoms with Gasteiger partial charge in [-0.15, -0.1) is 0 Å². The van der Waals surface area contributed by atoms with Gasteiger partial charge < -0.3 is 14.2 Å². The number of benzene rings is 1. The zero-order chi connectivity index (χ0) is 16.0. The molecule has 0 fully saturated rings. The van der Waals surface area contributed by atoms with Gasteiger partial charge in [0.1, 0.15) is 5.75 Å². The van der Waals surface area contributed by atoms with Crippen LogP contribution in [0.25, 0.3) is 0 Å². The smallest absolute Gasteiger partial charge is 0.338 e. The molecule has 0 saturated carbocycles. The standard InChI is InChI=1S/C12H16O4.2C2H6/c1-4-15-12(13)11-7-10(16-8-14-3)6-5-9(11)2;2*1-2/h5-7H,4,8H2,1-3H3;2*1-2H3. The maximum Gasteiger partial charge on any atom is 0.338 e. The van der Waals surface area contributed by atoms with Gasteiger partial charge in [-0.1, -0.05) is 33.8 Å². The summed E-state index contributed by atoms with van der Waals surface area (Å²) in [6.07, 6.45) is 0. The number of aryl methyl sites for hydroxylation is 1. The summed E-state index contributed by atoms with van der Waals surface area (Å²) in [5.41, 5.74) is 1.39. The van der Waals surface area contributed by atoms with Crippen LogP contribution >= 0.6 is 0 Å². The molecule has 4 nitrogen and oxygen atoms in total. The van der Waals surface area contributed by atoms with E-state index in [2.05, 4.69) is 0 Å². The van der Waals surface area contributed by atoms with E-state index in [1.807, 2.05) is 40.7 Å². The number of ether oxygens (including phenoxy) is 3. The molecule has 1 rings (SSSR count). The lowest BCUT2D eigenvalue weighted by molar-refractivity contribution is 0.0489. The first-order valence-electron chi connectivity index (χ1n) is 7.08. The van der Waals surface area contributed by atoms with Gasteiger partial charge >= 0.3 is 5.97 Å². The van der Waals surface area contributed by atoms with Crippen molar-refractivity contribution in [2.75, 3.05) is 20.5 Å². The third kappa shape index (κ3) is 7.79. The first kappa shape index (κ1) is 20.8. The highest BCUT2D eigenvalue weighted by molar-refractivity contribution is 5.91. The van der Waals surface area contributed by atoms with Crippen molar-refractivity contribution >= 4 is 5.97 Å². The predicted molar refractivity (Wildman–Crippen MR) is 82.3 cm³/mol. The second kappa shape index (κ2) is 13.9. The Hall–Kier alpha value is -1.55. The van der Waals surface area contributed by atoms with Crippen molar-refractivity contribution in [3.8, 4) is 5.75 Å². The van der Waals surface area contributed by atoms with Crippen LogP contribution in [-0.4, -0.2) is 26.5 Å². The lowest BCUT2D eigenvalue weighted by Crippen LogP contribution is -2.07. The third-order valence-electron chi connectivity index (χ3n) is 2.05. The van der Waals surface area contributed by atoms with Crippen LogP contribution in [0.15, 0.2) is 18.2 Å². The summed E-state index contributed by atoms with van der Waals surface area (Å²) in [7, 11) is 1.54. The van der Waals surface area contributed by atoms with E-state index in [9.17, 15) is 4.79 Å². The summed E-state index contributed by atoms with van der Waals surface area (Å²) in [4.78, 5) is 11.6. The van der Waals surface area contributed by atoms with Crippen LogP contribution in [-0.2, 0) is 9.47 Å². The molecule has 1 aromatic rings. The van der Waals surface area contributed by atoms with Gasteiger partial charge in [0.25, 0.3) is 0 Å². The van der Waals surface area contributed by atoms with Crippen molar-refractivity contribution in [3.63, 3.8) is 0 Å². The normalized spacial score (nSPS) is 8.55. The molecule has 0 unspecified atom stereocenters. The van der Waals surface area contributed by atoms with E-state index in [4.69, 9.17) is 14.2 Å². The highest BCUT2D eigenvalue weighted by atomic mass is 16.7. The molecule has 0 N–H and O–H groups in total. The molecule has 20 heavy (non-hydrogen) atoms. The fraction of sp³-hybridized carbons (Fsp3) is 0.562. The fourth-order valence-electron chi connectivity index (χ4n) is 1.25. The van der Waals surface area contributed by atoms with Crippen LogP contribution in [0.5, 0.6) is 5.75 Å². The minimum Gasteiger partial charge on any atom is -0.468 e. The number of hydrogen-bond donors (Lipinski definition) is 0. The van der Waals surface area contributed by atoms with Crippen LogP contribution in [0.2, 0.25) is 0 Å². The lowest BCUT2D eigenvalue weighted by Gasteiger charge is -2.09. The molecule has 0 aliphatic rings.